The standard InChI is InChI=1S/C66H110O6/c1-4-7-10-13-16-19-21-22-23-24-25-26-27-28-29-30-31-32-33-34-35-36-37-38-39-40-41-42-43-44-45-48-50-53-56-59-65(68)71-62-63(61-70-64(67)58-55-52-49-46-18-15-12-9-6-3)72-66(69)60-57-54-51-47-20-17-14-11-8-5-2/h7,10,16,19,22-23,25-26,28-29,31-32,34-35,37-38,40-41,63H,4-6,8-9,11-15,17-18,20-21,24,27,30,33,36,39,42-62H2,1-3H3/b10-7-,19-16-,23-22-,26-25-,29-28-,32-31-,35-34-,38-37-,41-40-. The number of allylic oxidation sites excluding steroid dienone is 18. The number of hydrogen-bond acceptors (Lipinski definition) is 6. The van der Waals surface area contributed by atoms with Gasteiger partial charge < -0.3 is 14.2 Å². The van der Waals surface area contributed by atoms with Crippen LogP contribution in [0.4, 0.5) is 0 Å². The molecule has 0 radical (unpaired) electrons. The lowest BCUT2D eigenvalue weighted by Crippen LogP contribution is -2.30. The molecule has 1 atom stereocenters. The van der Waals surface area contributed by atoms with Crippen molar-refractivity contribution in [1.29, 1.82) is 0 Å². The largest absolute Gasteiger partial charge is 0.462 e. The Kier molecular flexibility index (Phi) is 56.4. The summed E-state index contributed by atoms with van der Waals surface area (Å²) in [6.07, 6.45) is 81.1. The first-order valence-electron chi connectivity index (χ1n) is 29.9. The monoisotopic (exact) mass is 999 g/mol. The van der Waals surface area contributed by atoms with Crippen LogP contribution in [0.3, 0.4) is 0 Å². The van der Waals surface area contributed by atoms with Crippen LogP contribution in [0.25, 0.3) is 0 Å². The molecule has 0 rings (SSSR count). The van der Waals surface area contributed by atoms with Crippen molar-refractivity contribution in [2.24, 2.45) is 0 Å². The van der Waals surface area contributed by atoms with Crippen molar-refractivity contribution >= 4 is 17.9 Å². The molecule has 72 heavy (non-hydrogen) atoms. The number of carbonyl (C=O) groups excluding carboxylic acids is 3. The third-order valence-corrected chi connectivity index (χ3v) is 12.5. The molecular formula is C66H110O6. The lowest BCUT2D eigenvalue weighted by atomic mass is 10.1. The molecule has 0 saturated heterocycles. The zero-order valence-corrected chi connectivity index (χ0v) is 46.9. The van der Waals surface area contributed by atoms with Gasteiger partial charge in [-0.05, 0) is 89.9 Å². The second-order valence-electron chi connectivity index (χ2n) is 19.5. The predicted molar refractivity (Wildman–Crippen MR) is 311 cm³/mol. The number of unbranched alkanes of at least 4 members (excludes halogenated alkanes) is 24. The zero-order valence-electron chi connectivity index (χ0n) is 46.9. The van der Waals surface area contributed by atoms with Gasteiger partial charge in [-0.1, -0.05) is 271 Å². The Labute approximate surface area is 444 Å². The molecule has 0 aromatic carbocycles. The van der Waals surface area contributed by atoms with E-state index in [0.717, 1.165) is 122 Å². The molecule has 0 bridgehead atoms. The highest BCUT2D eigenvalue weighted by Crippen LogP contribution is 2.15. The summed E-state index contributed by atoms with van der Waals surface area (Å²) in [4.78, 5) is 37.9. The quantitative estimate of drug-likeness (QED) is 0.0261. The van der Waals surface area contributed by atoms with Crippen LogP contribution >= 0.6 is 0 Å². The van der Waals surface area contributed by atoms with Gasteiger partial charge in [-0.25, -0.2) is 0 Å². The molecule has 0 heterocycles. The maximum absolute atomic E-state index is 12.7. The summed E-state index contributed by atoms with van der Waals surface area (Å²) >= 11 is 0. The minimum Gasteiger partial charge on any atom is -0.462 e. The summed E-state index contributed by atoms with van der Waals surface area (Å²) in [5.74, 6) is -0.892. The number of hydrogen-bond donors (Lipinski definition) is 0. The van der Waals surface area contributed by atoms with Crippen molar-refractivity contribution in [2.45, 2.75) is 277 Å². The van der Waals surface area contributed by atoms with E-state index < -0.39 is 6.10 Å². The average molecular weight is 1000 g/mol. The van der Waals surface area contributed by atoms with E-state index >= 15 is 0 Å². The Hall–Kier alpha value is -3.93. The van der Waals surface area contributed by atoms with Crippen molar-refractivity contribution in [3.8, 4) is 0 Å². The molecule has 0 aliphatic rings. The van der Waals surface area contributed by atoms with Gasteiger partial charge in [-0.3, -0.25) is 14.4 Å². The average Bonchev–Trinajstić information content (AvgIpc) is 3.38. The lowest BCUT2D eigenvalue weighted by Gasteiger charge is -2.18. The minimum absolute atomic E-state index is 0.0781. The zero-order chi connectivity index (χ0) is 52.2. The summed E-state index contributed by atoms with van der Waals surface area (Å²) < 4.78 is 16.8. The first kappa shape index (κ1) is 68.1. The van der Waals surface area contributed by atoms with Gasteiger partial charge in [-0.15, -0.1) is 0 Å². The molecule has 0 aromatic rings. The van der Waals surface area contributed by atoms with Crippen LogP contribution in [0, 0.1) is 0 Å². The van der Waals surface area contributed by atoms with E-state index in [9.17, 15) is 14.4 Å². The molecule has 0 saturated carbocycles. The van der Waals surface area contributed by atoms with Crippen LogP contribution < -0.4 is 0 Å². The number of ether oxygens (including phenoxy) is 3. The molecule has 1 unspecified atom stereocenters. The Morgan fingerprint density at radius 1 is 0.292 bits per heavy atom. The second kappa shape index (κ2) is 59.6. The highest BCUT2D eigenvalue weighted by molar-refractivity contribution is 5.71. The second-order valence-corrected chi connectivity index (χ2v) is 19.5. The maximum atomic E-state index is 12.7. The highest BCUT2D eigenvalue weighted by Gasteiger charge is 2.19. The van der Waals surface area contributed by atoms with E-state index in [0.29, 0.717) is 19.3 Å². The Morgan fingerprint density at radius 2 is 0.542 bits per heavy atom. The normalized spacial score (nSPS) is 12.9. The molecule has 410 valence electrons. The van der Waals surface area contributed by atoms with Gasteiger partial charge in [0.15, 0.2) is 6.10 Å². The fourth-order valence-corrected chi connectivity index (χ4v) is 8.08. The van der Waals surface area contributed by atoms with Gasteiger partial charge in [0.1, 0.15) is 13.2 Å². The first-order chi connectivity index (χ1) is 35.5. The predicted octanol–water partition coefficient (Wildman–Crippen LogP) is 20.3. The van der Waals surface area contributed by atoms with E-state index in [1.807, 2.05) is 0 Å². The lowest BCUT2D eigenvalue weighted by molar-refractivity contribution is -0.167. The molecule has 0 spiro atoms. The summed E-state index contributed by atoms with van der Waals surface area (Å²) in [6, 6.07) is 0. The van der Waals surface area contributed by atoms with Crippen molar-refractivity contribution < 1.29 is 28.6 Å². The first-order valence-corrected chi connectivity index (χ1v) is 29.9. The van der Waals surface area contributed by atoms with Crippen molar-refractivity contribution in [2.75, 3.05) is 13.2 Å². The van der Waals surface area contributed by atoms with Crippen LogP contribution in [-0.4, -0.2) is 37.2 Å². The molecule has 0 amide bonds. The molecule has 6 nitrogen and oxygen atoms in total. The van der Waals surface area contributed by atoms with Crippen LogP contribution in [0.15, 0.2) is 109 Å². The van der Waals surface area contributed by atoms with Crippen molar-refractivity contribution in [1.82, 2.24) is 0 Å². The molecule has 0 aliphatic heterocycles. The molecule has 0 aliphatic carbocycles. The minimum atomic E-state index is -0.777. The summed E-state index contributed by atoms with van der Waals surface area (Å²) in [5.41, 5.74) is 0. The number of carbonyl (C=O) groups is 3. The van der Waals surface area contributed by atoms with Crippen LogP contribution in [0.1, 0.15) is 271 Å². The fraction of sp³-hybridized carbons (Fsp3) is 0.682. The Balaban J connectivity index is 4.11. The van der Waals surface area contributed by atoms with Gasteiger partial charge in [0.2, 0.25) is 0 Å². The summed E-state index contributed by atoms with van der Waals surface area (Å²) in [5, 5.41) is 0. The smallest absolute Gasteiger partial charge is 0.306 e. The van der Waals surface area contributed by atoms with E-state index in [4.69, 9.17) is 14.2 Å². The van der Waals surface area contributed by atoms with E-state index in [2.05, 4.69) is 130 Å². The van der Waals surface area contributed by atoms with Gasteiger partial charge in [-0.2, -0.15) is 0 Å². The Morgan fingerprint density at radius 3 is 0.847 bits per heavy atom. The van der Waals surface area contributed by atoms with Crippen LogP contribution in [-0.2, 0) is 28.6 Å². The molecule has 0 N–H and O–H groups in total. The van der Waals surface area contributed by atoms with Gasteiger partial charge >= 0.3 is 17.9 Å². The van der Waals surface area contributed by atoms with E-state index in [1.54, 1.807) is 0 Å². The number of esters is 3. The molecule has 0 fully saturated rings. The Bertz CT molecular complexity index is 1470. The van der Waals surface area contributed by atoms with Gasteiger partial charge in [0.05, 0.1) is 0 Å². The third kappa shape index (κ3) is 57.0. The molecule has 6 heteroatoms. The fourth-order valence-electron chi connectivity index (χ4n) is 8.08. The van der Waals surface area contributed by atoms with Crippen LogP contribution in [0.2, 0.25) is 0 Å². The maximum Gasteiger partial charge on any atom is 0.306 e. The summed E-state index contributed by atoms with van der Waals surface area (Å²) in [7, 11) is 0. The number of rotatable bonds is 53. The molecular weight excluding hydrogens is 889 g/mol. The molecule has 0 aromatic heterocycles. The summed E-state index contributed by atoms with van der Waals surface area (Å²) in [6.45, 7) is 6.48. The van der Waals surface area contributed by atoms with Gasteiger partial charge in [0, 0.05) is 19.3 Å². The van der Waals surface area contributed by atoms with Crippen molar-refractivity contribution in [3.05, 3.63) is 109 Å². The van der Waals surface area contributed by atoms with E-state index in [1.165, 1.54) is 109 Å². The SMILES string of the molecule is CC/C=C\C/C=C\C/C=C\C/C=C\C/C=C\C/C=C\C/C=C\C/C=C\C/C=C\CCCCCCCCCC(=O)OCC(COC(=O)CCCCCCCCCCC)OC(=O)CCCCCCCCCCCC. The van der Waals surface area contributed by atoms with Crippen LogP contribution in [0.5, 0.6) is 0 Å². The van der Waals surface area contributed by atoms with E-state index in [-0.39, 0.29) is 31.1 Å². The van der Waals surface area contributed by atoms with Gasteiger partial charge in [0.25, 0.3) is 0 Å². The van der Waals surface area contributed by atoms with Crippen molar-refractivity contribution in [3.63, 3.8) is 0 Å². The third-order valence-electron chi connectivity index (χ3n) is 12.5. The highest BCUT2D eigenvalue weighted by atomic mass is 16.6. The topological polar surface area (TPSA) is 78.9 Å².